The first-order chi connectivity index (χ1) is 13.2. The third-order valence-electron chi connectivity index (χ3n) is 4.42. The van der Waals surface area contributed by atoms with Gasteiger partial charge in [0.2, 0.25) is 0 Å². The summed E-state index contributed by atoms with van der Waals surface area (Å²) in [6.45, 7) is 1.30. The second-order valence-electron chi connectivity index (χ2n) is 6.40. The van der Waals surface area contributed by atoms with Crippen LogP contribution in [-0.2, 0) is 13.1 Å². The van der Waals surface area contributed by atoms with Crippen LogP contribution in [0.5, 0.6) is 0 Å². The molecule has 4 rings (SSSR count). The van der Waals surface area contributed by atoms with Crippen LogP contribution in [0.2, 0.25) is 0 Å². The van der Waals surface area contributed by atoms with E-state index in [2.05, 4.69) is 5.32 Å². The number of fused-ring (bicyclic) bond motifs is 1. The third-order valence-corrected chi connectivity index (χ3v) is 4.42. The van der Waals surface area contributed by atoms with E-state index in [-0.39, 0.29) is 11.2 Å². The average molecular weight is 359 g/mol. The summed E-state index contributed by atoms with van der Waals surface area (Å²) in [6.07, 6.45) is 0. The summed E-state index contributed by atoms with van der Waals surface area (Å²) in [6, 6.07) is 23.1. The molecule has 1 heterocycles. The van der Waals surface area contributed by atoms with Gasteiger partial charge in [0.05, 0.1) is 5.39 Å². The Morgan fingerprint density at radius 1 is 0.815 bits per heavy atom. The summed E-state index contributed by atoms with van der Waals surface area (Å²) >= 11 is 0. The second kappa shape index (κ2) is 7.56. The van der Waals surface area contributed by atoms with Crippen LogP contribution in [0.4, 0.5) is 4.39 Å². The van der Waals surface area contributed by atoms with Gasteiger partial charge >= 0.3 is 0 Å². The Labute approximate surface area is 156 Å². The molecule has 0 saturated heterocycles. The largest absolute Gasteiger partial charge is 0.456 e. The number of rotatable bonds is 5. The minimum Gasteiger partial charge on any atom is -0.456 e. The van der Waals surface area contributed by atoms with Gasteiger partial charge in [-0.15, -0.1) is 0 Å². The monoisotopic (exact) mass is 359 g/mol. The van der Waals surface area contributed by atoms with Crippen molar-refractivity contribution >= 4 is 11.0 Å². The maximum Gasteiger partial charge on any atom is 0.193 e. The molecule has 0 radical (unpaired) electrons. The lowest BCUT2D eigenvalue weighted by molar-refractivity contribution is 0.618. The molecule has 3 aromatic carbocycles. The Kier molecular flexibility index (Phi) is 4.81. The van der Waals surface area contributed by atoms with Gasteiger partial charge in [0, 0.05) is 24.7 Å². The van der Waals surface area contributed by atoms with Gasteiger partial charge < -0.3 is 9.73 Å². The molecule has 0 aliphatic heterocycles. The van der Waals surface area contributed by atoms with Gasteiger partial charge in [-0.25, -0.2) is 4.39 Å². The fourth-order valence-corrected chi connectivity index (χ4v) is 3.03. The first-order valence-electron chi connectivity index (χ1n) is 8.76. The summed E-state index contributed by atoms with van der Waals surface area (Å²) in [4.78, 5) is 12.3. The van der Waals surface area contributed by atoms with E-state index in [1.807, 2.05) is 36.4 Å². The summed E-state index contributed by atoms with van der Waals surface area (Å²) in [5.74, 6) is 0.322. The van der Waals surface area contributed by atoms with Gasteiger partial charge in [0.25, 0.3) is 0 Å². The van der Waals surface area contributed by atoms with Crippen LogP contribution < -0.4 is 10.7 Å². The zero-order valence-electron chi connectivity index (χ0n) is 14.6. The Bertz CT molecular complexity index is 1130. The Morgan fingerprint density at radius 2 is 1.59 bits per heavy atom. The summed E-state index contributed by atoms with van der Waals surface area (Å²) < 4.78 is 18.9. The van der Waals surface area contributed by atoms with E-state index in [4.69, 9.17) is 4.42 Å². The lowest BCUT2D eigenvalue weighted by Crippen LogP contribution is -2.12. The van der Waals surface area contributed by atoms with Crippen LogP contribution in [-0.4, -0.2) is 0 Å². The quantitative estimate of drug-likeness (QED) is 0.552. The highest BCUT2D eigenvalue weighted by atomic mass is 19.1. The van der Waals surface area contributed by atoms with Gasteiger partial charge in [-0.3, -0.25) is 4.79 Å². The van der Waals surface area contributed by atoms with Crippen molar-refractivity contribution in [2.24, 2.45) is 0 Å². The van der Waals surface area contributed by atoms with Crippen molar-refractivity contribution in [1.82, 2.24) is 5.32 Å². The molecular weight excluding hydrogens is 341 g/mol. The van der Waals surface area contributed by atoms with Crippen LogP contribution in [0.25, 0.3) is 22.3 Å². The van der Waals surface area contributed by atoms with E-state index >= 15 is 0 Å². The molecule has 0 spiro atoms. The summed E-state index contributed by atoms with van der Waals surface area (Å²) in [5, 5.41) is 3.92. The van der Waals surface area contributed by atoms with Crippen molar-refractivity contribution < 1.29 is 8.81 Å². The molecular formula is C23H18FNO2. The molecule has 0 aliphatic carbocycles. The third kappa shape index (κ3) is 3.96. The van der Waals surface area contributed by atoms with Gasteiger partial charge in [0.15, 0.2) is 5.43 Å². The molecule has 0 unspecified atom stereocenters. The van der Waals surface area contributed by atoms with Gasteiger partial charge in [-0.05, 0) is 41.5 Å². The number of hydrogen-bond acceptors (Lipinski definition) is 3. The molecule has 4 aromatic rings. The summed E-state index contributed by atoms with van der Waals surface area (Å²) in [7, 11) is 0. The topological polar surface area (TPSA) is 42.2 Å². The fraction of sp³-hybridized carbons (Fsp3) is 0.0870. The van der Waals surface area contributed by atoms with Crippen molar-refractivity contribution in [2.45, 2.75) is 13.1 Å². The lowest BCUT2D eigenvalue weighted by Gasteiger charge is -2.08. The summed E-state index contributed by atoms with van der Waals surface area (Å²) in [5.41, 5.74) is 3.49. The number of benzene rings is 3. The zero-order chi connectivity index (χ0) is 18.6. The van der Waals surface area contributed by atoms with Crippen LogP contribution in [0.15, 0.2) is 88.1 Å². The maximum absolute atomic E-state index is 13.0. The van der Waals surface area contributed by atoms with Crippen molar-refractivity contribution in [3.8, 4) is 11.3 Å². The highest BCUT2D eigenvalue weighted by Gasteiger charge is 2.07. The molecule has 0 fully saturated rings. The predicted octanol–water partition coefficient (Wildman–Crippen LogP) is 4.89. The van der Waals surface area contributed by atoms with Crippen LogP contribution in [0, 0.1) is 5.82 Å². The fourth-order valence-electron chi connectivity index (χ4n) is 3.03. The van der Waals surface area contributed by atoms with Crippen molar-refractivity contribution in [3.05, 3.63) is 106 Å². The number of nitrogens with one attached hydrogen (secondary N) is 1. The highest BCUT2D eigenvalue weighted by molar-refractivity contribution is 5.78. The molecule has 0 bridgehead atoms. The van der Waals surface area contributed by atoms with E-state index in [1.54, 1.807) is 24.3 Å². The molecule has 4 heteroatoms. The Hall–Kier alpha value is -3.24. The molecule has 1 aromatic heterocycles. The number of halogens is 1. The van der Waals surface area contributed by atoms with Crippen LogP contribution in [0.1, 0.15) is 11.1 Å². The van der Waals surface area contributed by atoms with Crippen LogP contribution in [0.3, 0.4) is 0 Å². The van der Waals surface area contributed by atoms with Gasteiger partial charge in [-0.1, -0.05) is 42.5 Å². The van der Waals surface area contributed by atoms with E-state index in [9.17, 15) is 9.18 Å². The molecule has 0 atom stereocenters. The first kappa shape index (κ1) is 17.2. The van der Waals surface area contributed by atoms with Crippen molar-refractivity contribution in [3.63, 3.8) is 0 Å². The molecule has 3 nitrogen and oxygen atoms in total. The predicted molar refractivity (Wildman–Crippen MR) is 105 cm³/mol. The number of hydrogen-bond donors (Lipinski definition) is 1. The number of para-hydroxylation sites is 1. The smallest absolute Gasteiger partial charge is 0.193 e. The van der Waals surface area contributed by atoms with E-state index in [0.29, 0.717) is 29.8 Å². The average Bonchev–Trinajstić information content (AvgIpc) is 2.70. The first-order valence-corrected chi connectivity index (χ1v) is 8.76. The van der Waals surface area contributed by atoms with Crippen LogP contribution >= 0.6 is 0 Å². The Morgan fingerprint density at radius 3 is 2.44 bits per heavy atom. The second-order valence-corrected chi connectivity index (χ2v) is 6.40. The molecule has 134 valence electrons. The lowest BCUT2D eigenvalue weighted by atomic mass is 10.1. The maximum atomic E-state index is 13.0. The molecule has 1 N–H and O–H groups in total. The zero-order valence-corrected chi connectivity index (χ0v) is 14.6. The highest BCUT2D eigenvalue weighted by Crippen LogP contribution is 2.23. The normalized spacial score (nSPS) is 11.0. The molecule has 27 heavy (non-hydrogen) atoms. The SMILES string of the molecule is O=c1cc(-c2cccc(CNCc3ccc(F)cc3)c2)oc2ccccc12. The van der Waals surface area contributed by atoms with Crippen molar-refractivity contribution in [1.29, 1.82) is 0 Å². The molecule has 0 saturated carbocycles. The van der Waals surface area contributed by atoms with E-state index < -0.39 is 0 Å². The van der Waals surface area contributed by atoms with E-state index in [1.165, 1.54) is 18.2 Å². The standard InChI is InChI=1S/C23H18FNO2/c24-19-10-8-16(9-11-19)14-25-15-17-4-3-5-18(12-17)23-13-21(26)20-6-1-2-7-22(20)27-23/h1-13,25H,14-15H2. The van der Waals surface area contributed by atoms with Gasteiger partial charge in [0.1, 0.15) is 17.2 Å². The minimum atomic E-state index is -0.233. The van der Waals surface area contributed by atoms with Crippen molar-refractivity contribution in [2.75, 3.05) is 0 Å². The molecule has 0 aliphatic rings. The van der Waals surface area contributed by atoms with E-state index in [0.717, 1.165) is 16.7 Å². The Balaban J connectivity index is 1.52. The molecule has 0 amide bonds. The minimum absolute atomic E-state index is 0.0494. The van der Waals surface area contributed by atoms with Gasteiger partial charge in [-0.2, -0.15) is 0 Å².